The third kappa shape index (κ3) is 4.89. The maximum absolute atomic E-state index is 13.9. The fourth-order valence-electron chi connectivity index (χ4n) is 2.78. The molecule has 34 heavy (non-hydrogen) atoms. The molecule has 0 saturated heterocycles. The molecular formula is C20H10F10N2O2. The minimum atomic E-state index is -5.58. The largest absolute Gasteiger partial charge is 0.456 e. The van der Waals surface area contributed by atoms with Gasteiger partial charge in [-0.05, 0) is 12.1 Å². The van der Waals surface area contributed by atoms with Gasteiger partial charge < -0.3 is 20.9 Å². The molecule has 0 aliphatic carbocycles. The van der Waals surface area contributed by atoms with E-state index in [4.69, 9.17) is 16.2 Å². The number of nitrogens with two attached hydrogens (primary N) is 2. The fraction of sp³-hybridized carbons (Fsp3) is 0.100. The first kappa shape index (κ1) is 24.8. The van der Waals surface area contributed by atoms with Crippen molar-refractivity contribution in [2.45, 2.75) is 12.4 Å². The van der Waals surface area contributed by atoms with E-state index in [9.17, 15) is 43.9 Å². The molecule has 4 N–H and O–H groups in total. The molecule has 0 aromatic heterocycles. The highest BCUT2D eigenvalue weighted by atomic mass is 19.4. The second kappa shape index (κ2) is 8.50. The third-order valence-electron chi connectivity index (χ3n) is 4.22. The number of ether oxygens (including phenoxy) is 2. The molecule has 0 saturated carbocycles. The van der Waals surface area contributed by atoms with Crippen molar-refractivity contribution in [3.63, 3.8) is 0 Å². The predicted octanol–water partition coefficient (Wildman–Crippen LogP) is 7.03. The highest BCUT2D eigenvalue weighted by Gasteiger charge is 2.45. The van der Waals surface area contributed by atoms with Crippen molar-refractivity contribution in [1.82, 2.24) is 0 Å². The molecule has 0 heterocycles. The molecule has 0 aliphatic heterocycles. The summed E-state index contributed by atoms with van der Waals surface area (Å²) in [6.45, 7) is 0. The van der Waals surface area contributed by atoms with E-state index in [0.717, 1.165) is 0 Å². The number of benzene rings is 3. The zero-order chi connectivity index (χ0) is 25.6. The summed E-state index contributed by atoms with van der Waals surface area (Å²) in [5.41, 5.74) is 4.42. The van der Waals surface area contributed by atoms with E-state index in [-0.39, 0.29) is 18.2 Å². The number of hydrogen-bond acceptors (Lipinski definition) is 4. The van der Waals surface area contributed by atoms with Crippen LogP contribution in [0.3, 0.4) is 0 Å². The van der Waals surface area contributed by atoms with Gasteiger partial charge in [0.05, 0.1) is 16.9 Å². The highest BCUT2D eigenvalue weighted by molar-refractivity contribution is 5.57. The van der Waals surface area contributed by atoms with E-state index in [0.29, 0.717) is 18.2 Å². The lowest BCUT2D eigenvalue weighted by atomic mass is 10.1. The molecule has 3 rings (SSSR count). The smallest absolute Gasteiger partial charge is 0.423 e. The molecule has 0 spiro atoms. The quantitative estimate of drug-likeness (QED) is 0.298. The molecule has 3 aromatic rings. The Kier molecular flexibility index (Phi) is 6.20. The number of nitrogen functional groups attached to an aromatic ring is 2. The number of alkyl halides is 6. The zero-order valence-electron chi connectivity index (χ0n) is 16.2. The maximum atomic E-state index is 13.9. The van der Waals surface area contributed by atoms with Crippen LogP contribution >= 0.6 is 0 Å². The van der Waals surface area contributed by atoms with Gasteiger partial charge in [0.15, 0.2) is 29.0 Å². The van der Waals surface area contributed by atoms with Crippen molar-refractivity contribution in [3.8, 4) is 23.0 Å². The summed E-state index contributed by atoms with van der Waals surface area (Å²) < 4.78 is 146. The predicted molar refractivity (Wildman–Crippen MR) is 98.1 cm³/mol. The monoisotopic (exact) mass is 500 g/mol. The SMILES string of the molecule is Nc1cc(Oc2ccc(C(F)(F)F)c(Oc3cc(N)c(F)c(F)c3)c2C(F)(F)F)cc(F)c1F. The molecule has 3 aromatic carbocycles. The van der Waals surface area contributed by atoms with Gasteiger partial charge in [-0.25, -0.2) is 17.6 Å². The molecule has 0 fully saturated rings. The lowest BCUT2D eigenvalue weighted by Gasteiger charge is -2.22. The van der Waals surface area contributed by atoms with Crippen LogP contribution in [-0.4, -0.2) is 0 Å². The van der Waals surface area contributed by atoms with Crippen molar-refractivity contribution < 1.29 is 53.4 Å². The average Bonchev–Trinajstić information content (AvgIpc) is 2.68. The Bertz CT molecular complexity index is 1210. The van der Waals surface area contributed by atoms with Crippen LogP contribution in [0.15, 0.2) is 36.4 Å². The Balaban J connectivity index is 2.25. The molecule has 4 nitrogen and oxygen atoms in total. The number of anilines is 2. The van der Waals surface area contributed by atoms with Gasteiger partial charge in [-0.2, -0.15) is 26.3 Å². The summed E-state index contributed by atoms with van der Waals surface area (Å²) in [5.74, 6) is -11.4. The minimum absolute atomic E-state index is 0.145. The maximum Gasteiger partial charge on any atom is 0.423 e. The van der Waals surface area contributed by atoms with Crippen LogP contribution in [0, 0.1) is 23.3 Å². The van der Waals surface area contributed by atoms with Crippen LogP contribution in [0.2, 0.25) is 0 Å². The van der Waals surface area contributed by atoms with E-state index in [1.807, 2.05) is 0 Å². The molecule has 0 bridgehead atoms. The Hall–Kier alpha value is -3.84. The molecule has 0 radical (unpaired) electrons. The van der Waals surface area contributed by atoms with Crippen LogP contribution in [0.4, 0.5) is 55.3 Å². The van der Waals surface area contributed by atoms with Gasteiger partial charge in [0.2, 0.25) is 0 Å². The summed E-state index contributed by atoms with van der Waals surface area (Å²) in [6.07, 6.45) is -11.0. The highest BCUT2D eigenvalue weighted by Crippen LogP contribution is 2.51. The molecule has 0 aliphatic rings. The molecule has 0 unspecified atom stereocenters. The van der Waals surface area contributed by atoms with Crippen LogP contribution < -0.4 is 20.9 Å². The van der Waals surface area contributed by atoms with Gasteiger partial charge in [-0.1, -0.05) is 0 Å². The first-order chi connectivity index (χ1) is 15.6. The lowest BCUT2D eigenvalue weighted by Crippen LogP contribution is -2.15. The van der Waals surface area contributed by atoms with E-state index in [1.165, 1.54) is 0 Å². The first-order valence-electron chi connectivity index (χ1n) is 8.75. The standard InChI is InChI=1S/C20H10F10N2O2/c21-10-3-7(5-12(31)16(10)23)33-14-2-1-9(19(25,26)27)18(15(14)20(28,29)30)34-8-4-11(22)17(24)13(32)6-8/h1-6H,31-32H2. The van der Waals surface area contributed by atoms with E-state index in [1.54, 1.807) is 0 Å². The van der Waals surface area contributed by atoms with E-state index < -0.39 is 81.1 Å². The first-order valence-corrected chi connectivity index (χ1v) is 8.75. The van der Waals surface area contributed by atoms with Crippen molar-refractivity contribution in [3.05, 3.63) is 70.8 Å². The Morgan fingerprint density at radius 3 is 1.50 bits per heavy atom. The van der Waals surface area contributed by atoms with Crippen LogP contribution in [0.5, 0.6) is 23.0 Å². The van der Waals surface area contributed by atoms with Crippen LogP contribution in [0.1, 0.15) is 11.1 Å². The van der Waals surface area contributed by atoms with Gasteiger partial charge in [-0.3, -0.25) is 0 Å². The van der Waals surface area contributed by atoms with Crippen LogP contribution in [-0.2, 0) is 12.4 Å². The number of rotatable bonds is 4. The van der Waals surface area contributed by atoms with Gasteiger partial charge in [0.1, 0.15) is 22.8 Å². The Morgan fingerprint density at radius 1 is 0.618 bits per heavy atom. The lowest BCUT2D eigenvalue weighted by molar-refractivity contribution is -0.145. The zero-order valence-corrected chi connectivity index (χ0v) is 16.2. The van der Waals surface area contributed by atoms with Crippen molar-refractivity contribution in [2.24, 2.45) is 0 Å². The second-order valence-electron chi connectivity index (χ2n) is 6.63. The van der Waals surface area contributed by atoms with Crippen molar-refractivity contribution >= 4 is 11.4 Å². The molecule has 0 atom stereocenters. The average molecular weight is 500 g/mol. The molecule has 0 amide bonds. The normalized spacial score (nSPS) is 12.1. The topological polar surface area (TPSA) is 70.5 Å². The Morgan fingerprint density at radius 2 is 1.09 bits per heavy atom. The second-order valence-corrected chi connectivity index (χ2v) is 6.63. The number of halogens is 10. The van der Waals surface area contributed by atoms with Gasteiger partial charge in [0.25, 0.3) is 0 Å². The van der Waals surface area contributed by atoms with Gasteiger partial charge in [0, 0.05) is 24.3 Å². The van der Waals surface area contributed by atoms with Crippen molar-refractivity contribution in [2.75, 3.05) is 11.5 Å². The van der Waals surface area contributed by atoms with Gasteiger partial charge >= 0.3 is 12.4 Å². The van der Waals surface area contributed by atoms with Crippen molar-refractivity contribution in [1.29, 1.82) is 0 Å². The fourth-order valence-corrected chi connectivity index (χ4v) is 2.78. The summed E-state index contributed by atoms with van der Waals surface area (Å²) in [5, 5.41) is 0. The minimum Gasteiger partial charge on any atom is -0.456 e. The Labute approximate surface area is 183 Å². The van der Waals surface area contributed by atoms with E-state index in [2.05, 4.69) is 4.74 Å². The molecular weight excluding hydrogens is 490 g/mol. The van der Waals surface area contributed by atoms with E-state index >= 15 is 0 Å². The third-order valence-corrected chi connectivity index (χ3v) is 4.22. The number of hydrogen-bond donors (Lipinski definition) is 2. The van der Waals surface area contributed by atoms with Gasteiger partial charge in [-0.15, -0.1) is 0 Å². The summed E-state index contributed by atoms with van der Waals surface area (Å²) in [4.78, 5) is 0. The molecule has 14 heteroatoms. The summed E-state index contributed by atoms with van der Waals surface area (Å²) in [7, 11) is 0. The van der Waals surface area contributed by atoms with Crippen LogP contribution in [0.25, 0.3) is 0 Å². The summed E-state index contributed by atoms with van der Waals surface area (Å²) in [6, 6.07) is 1.94. The molecule has 182 valence electrons. The summed E-state index contributed by atoms with van der Waals surface area (Å²) >= 11 is 0.